The lowest BCUT2D eigenvalue weighted by Gasteiger charge is -2.20. The van der Waals surface area contributed by atoms with Crippen LogP contribution in [0.3, 0.4) is 0 Å². The second kappa shape index (κ2) is 16.7. The molecule has 0 fully saturated rings. The van der Waals surface area contributed by atoms with E-state index in [-0.39, 0.29) is 0 Å². The van der Waals surface area contributed by atoms with Crippen molar-refractivity contribution in [2.45, 2.75) is 0 Å². The van der Waals surface area contributed by atoms with Gasteiger partial charge in [-0.25, -0.2) is 0 Å². The molecule has 0 nitrogen and oxygen atoms in total. The maximum atomic E-state index is 2.50. The van der Waals surface area contributed by atoms with Crippen LogP contribution in [0.15, 0.2) is 279 Å². The molecule has 19 rings (SSSR count). The molecular weight excluding hydrogens is 937 g/mol. The molecule has 0 spiro atoms. The highest BCUT2D eigenvalue weighted by atomic mass is 14.2. The van der Waals surface area contributed by atoms with Gasteiger partial charge in [0.2, 0.25) is 0 Å². The maximum Gasteiger partial charge on any atom is -0.00134 e. The lowest BCUT2D eigenvalue weighted by Crippen LogP contribution is -1.92. The highest BCUT2D eigenvalue weighted by Crippen LogP contribution is 2.50. The van der Waals surface area contributed by atoms with E-state index in [0.29, 0.717) is 0 Å². The molecule has 0 heteroatoms. The van der Waals surface area contributed by atoms with E-state index in [1.165, 1.54) is 173 Å². The Bertz CT molecular complexity index is 4890. The highest BCUT2D eigenvalue weighted by Gasteiger charge is 2.22. The van der Waals surface area contributed by atoms with E-state index >= 15 is 0 Å². The van der Waals surface area contributed by atoms with Gasteiger partial charge in [0.05, 0.1) is 0 Å². The molecule has 358 valence electrons. The Labute approximate surface area is 449 Å². The minimum Gasteiger partial charge on any atom is -0.0622 e. The van der Waals surface area contributed by atoms with Gasteiger partial charge in [0.1, 0.15) is 0 Å². The molecule has 0 aliphatic carbocycles. The molecule has 0 amide bonds. The third-order valence-electron chi connectivity index (χ3n) is 17.2. The average Bonchev–Trinajstić information content (AvgIpc) is 3.56. The van der Waals surface area contributed by atoms with E-state index in [4.69, 9.17) is 0 Å². The van der Waals surface area contributed by atoms with Gasteiger partial charge in [0, 0.05) is 0 Å². The van der Waals surface area contributed by atoms with Gasteiger partial charge in [-0.2, -0.15) is 0 Å². The molecule has 0 aliphatic heterocycles. The van der Waals surface area contributed by atoms with Crippen LogP contribution in [0.4, 0.5) is 0 Å². The number of rotatable bonds is 2. The van der Waals surface area contributed by atoms with E-state index in [9.17, 15) is 0 Å². The molecule has 0 aliphatic rings. The van der Waals surface area contributed by atoms with Crippen LogP contribution in [0, 0.1) is 0 Å². The average molecular weight is 983 g/mol. The fraction of sp³-hybridized carbons (Fsp3) is 0. The first-order valence-corrected chi connectivity index (χ1v) is 27.2. The standard InChI is InChI=1S/C78H46/c1-3-15-47(16-4-1)73-65-35-31-57-43-69(65)77-70-44-58(32-36-66(70)73)54-24-12-20-50(40-54)52-22-14-26-56(42-52)60-34-38-68-72(46-60)78(76-63-29-9-7-27-61(63)75(77)62-28-8-10-30-64(62)76)71-45-59(33-37-67(71)74(68)48-17-5-2-6-18-48)55-25-13-21-51(41-55)49-19-11-23-53(57)39-49/h1-46H. The number of hydrogen-bond donors (Lipinski definition) is 0. The van der Waals surface area contributed by atoms with E-state index in [0.717, 1.165) is 0 Å². The molecule has 0 radical (unpaired) electrons. The van der Waals surface area contributed by atoms with E-state index in [1.54, 1.807) is 0 Å². The van der Waals surface area contributed by atoms with Gasteiger partial charge < -0.3 is 0 Å². The summed E-state index contributed by atoms with van der Waals surface area (Å²) in [6.07, 6.45) is 0. The zero-order valence-electron chi connectivity index (χ0n) is 42.6. The highest BCUT2D eigenvalue weighted by molar-refractivity contribution is 6.43. The Morgan fingerprint density at radius 1 is 0.128 bits per heavy atom. The van der Waals surface area contributed by atoms with Crippen molar-refractivity contribution in [2.24, 2.45) is 0 Å². The first-order chi connectivity index (χ1) is 38.7. The zero-order chi connectivity index (χ0) is 51.0. The largest absolute Gasteiger partial charge is 0.0622 e. The van der Waals surface area contributed by atoms with Crippen molar-refractivity contribution in [1.82, 2.24) is 0 Å². The zero-order valence-corrected chi connectivity index (χ0v) is 42.6. The summed E-state index contributed by atoms with van der Waals surface area (Å²) >= 11 is 0. The summed E-state index contributed by atoms with van der Waals surface area (Å²) in [5.74, 6) is 0. The summed E-state index contributed by atoms with van der Waals surface area (Å²) in [5.41, 5.74) is 4.90. The van der Waals surface area contributed by atoms with Crippen molar-refractivity contribution < 1.29 is 0 Å². The summed E-state index contributed by atoms with van der Waals surface area (Å²) in [5, 5.41) is 34.0. The fourth-order valence-electron chi connectivity index (χ4n) is 13.7. The minimum absolute atomic E-state index is 1.18. The van der Waals surface area contributed by atoms with Crippen LogP contribution in [-0.4, -0.2) is 0 Å². The molecule has 0 unspecified atom stereocenters. The van der Waals surface area contributed by atoms with E-state index in [1.807, 2.05) is 0 Å². The minimum atomic E-state index is 1.18. The maximum absolute atomic E-state index is 2.50. The van der Waals surface area contributed by atoms with Crippen LogP contribution in [0.1, 0.15) is 0 Å². The Kier molecular flexibility index (Phi) is 9.22. The second-order valence-corrected chi connectivity index (χ2v) is 21.4. The van der Waals surface area contributed by atoms with Crippen molar-refractivity contribution >= 4 is 151 Å². The van der Waals surface area contributed by atoms with E-state index in [2.05, 4.69) is 279 Å². The van der Waals surface area contributed by atoms with Crippen molar-refractivity contribution in [2.75, 3.05) is 0 Å². The molecule has 0 N–H and O–H groups in total. The lowest BCUT2D eigenvalue weighted by molar-refractivity contribution is 1.68. The van der Waals surface area contributed by atoms with Crippen LogP contribution in [-0.2, 0) is 0 Å². The summed E-state index contributed by atoms with van der Waals surface area (Å²) in [4.78, 5) is 0. The van der Waals surface area contributed by atoms with Crippen molar-refractivity contribution in [3.8, 4) is 22.3 Å². The Hall–Kier alpha value is -10.1. The first kappa shape index (κ1) is 43.1. The molecule has 0 saturated heterocycles. The predicted molar refractivity (Wildman–Crippen MR) is 340 cm³/mol. The quantitative estimate of drug-likeness (QED) is 0.151. The van der Waals surface area contributed by atoms with Gasteiger partial charge in [-0.15, -0.1) is 0 Å². The second-order valence-electron chi connectivity index (χ2n) is 21.4. The van der Waals surface area contributed by atoms with Gasteiger partial charge in [-0.1, -0.05) is 231 Å². The predicted octanol–water partition coefficient (Wildman–Crippen LogP) is 22.3. The number of hydrogen-bond acceptors (Lipinski definition) is 0. The van der Waals surface area contributed by atoms with Crippen LogP contribution in [0.5, 0.6) is 0 Å². The Balaban J connectivity index is 1.27. The molecule has 20 bridgehead atoms. The topological polar surface area (TPSA) is 0 Å². The summed E-state index contributed by atoms with van der Waals surface area (Å²) in [7, 11) is 0. The SMILES string of the molecule is c1ccc(-c2c3ccc4cc3c3c5cc(ccc25)c2cccc(c2)c2cccc(c2)c2ccc5c(-c6ccccc6)c6ccc(cc6c(c5c2)c2c5ccccc5c3c3ccccc32)c2cccc(c2)c2cccc4c2)cc1. The van der Waals surface area contributed by atoms with Gasteiger partial charge in [-0.05, 0) is 222 Å². The van der Waals surface area contributed by atoms with Crippen LogP contribution < -0.4 is 0 Å². The lowest BCUT2D eigenvalue weighted by atomic mass is 9.83. The van der Waals surface area contributed by atoms with E-state index < -0.39 is 0 Å². The van der Waals surface area contributed by atoms with Crippen LogP contribution >= 0.6 is 0 Å². The van der Waals surface area contributed by atoms with Crippen molar-refractivity contribution in [3.05, 3.63) is 279 Å². The Morgan fingerprint density at radius 3 is 0.603 bits per heavy atom. The third-order valence-corrected chi connectivity index (χ3v) is 17.2. The molecular formula is C78H46. The third kappa shape index (κ3) is 6.41. The molecule has 19 aromatic carbocycles. The van der Waals surface area contributed by atoms with Gasteiger partial charge in [0.25, 0.3) is 0 Å². The smallest absolute Gasteiger partial charge is 0.00134 e. The molecule has 0 heterocycles. The molecule has 78 heavy (non-hydrogen) atoms. The van der Waals surface area contributed by atoms with Crippen LogP contribution in [0.25, 0.3) is 173 Å². The normalized spacial score (nSPS) is 12.1. The van der Waals surface area contributed by atoms with Crippen LogP contribution in [0.2, 0.25) is 0 Å². The Morgan fingerprint density at radius 2 is 0.346 bits per heavy atom. The van der Waals surface area contributed by atoms with Gasteiger partial charge in [0.15, 0.2) is 0 Å². The monoisotopic (exact) mass is 982 g/mol. The van der Waals surface area contributed by atoms with Gasteiger partial charge in [-0.3, -0.25) is 0 Å². The molecule has 0 atom stereocenters. The number of benzene rings is 15. The summed E-state index contributed by atoms with van der Waals surface area (Å²) in [6, 6.07) is 106. The first-order valence-electron chi connectivity index (χ1n) is 27.2. The molecule has 19 aromatic rings. The van der Waals surface area contributed by atoms with Crippen molar-refractivity contribution in [1.29, 1.82) is 0 Å². The summed E-state index contributed by atoms with van der Waals surface area (Å²) in [6.45, 7) is 0. The molecule has 0 aromatic heterocycles. The molecule has 0 saturated carbocycles. The summed E-state index contributed by atoms with van der Waals surface area (Å²) < 4.78 is 0. The fourth-order valence-corrected chi connectivity index (χ4v) is 13.7. The van der Waals surface area contributed by atoms with Crippen molar-refractivity contribution in [3.63, 3.8) is 0 Å². The van der Waals surface area contributed by atoms with Gasteiger partial charge >= 0.3 is 0 Å².